The molecule has 0 aromatic heterocycles. The minimum atomic E-state index is -6.29. The Kier molecular flexibility index (Phi) is 3.56. The van der Waals surface area contributed by atoms with Crippen molar-refractivity contribution in [3.05, 3.63) is 12.4 Å². The van der Waals surface area contributed by atoms with Crippen molar-refractivity contribution in [3.8, 4) is 0 Å². The molecule has 0 aromatic rings. The van der Waals surface area contributed by atoms with Crippen LogP contribution in [0.25, 0.3) is 0 Å². The molecule has 2 aliphatic carbocycles. The lowest BCUT2D eigenvalue weighted by Crippen LogP contribution is -2.61. The second-order valence-electron chi connectivity index (χ2n) is 5.50. The molecule has 0 aliphatic heterocycles. The average molecular weight is 356 g/mol. The smallest absolute Gasteiger partial charge is 0.378 e. The SMILES string of the molecule is C=C(F)C(=O)OC1CCC2(F)C(F)(F)C(F)(F)C(F)(F)C2(F)C1. The van der Waals surface area contributed by atoms with Crippen LogP contribution in [0, 0.1) is 0 Å². The van der Waals surface area contributed by atoms with Gasteiger partial charge in [-0.25, -0.2) is 13.6 Å². The summed E-state index contributed by atoms with van der Waals surface area (Å²) in [7, 11) is 0. The van der Waals surface area contributed by atoms with E-state index in [1.165, 1.54) is 0 Å². The summed E-state index contributed by atoms with van der Waals surface area (Å²) in [6.07, 6.45) is -6.69. The molecule has 11 heteroatoms. The van der Waals surface area contributed by atoms with Gasteiger partial charge in [0.1, 0.15) is 6.10 Å². The normalized spacial score (nSPS) is 40.3. The fourth-order valence-electron chi connectivity index (χ4n) is 2.93. The number of esters is 1. The van der Waals surface area contributed by atoms with Crippen molar-refractivity contribution in [3.63, 3.8) is 0 Å². The fraction of sp³-hybridized carbons (Fsp3) is 0.750. The lowest BCUT2D eigenvalue weighted by molar-refractivity contribution is -0.292. The molecule has 0 aromatic carbocycles. The van der Waals surface area contributed by atoms with E-state index in [1.54, 1.807) is 0 Å². The molecule has 0 amide bonds. The maximum absolute atomic E-state index is 14.4. The maximum atomic E-state index is 14.4. The van der Waals surface area contributed by atoms with Gasteiger partial charge in [0.15, 0.2) is 0 Å². The number of ether oxygens (including phenoxy) is 1. The lowest BCUT2D eigenvalue weighted by atomic mass is 9.73. The highest BCUT2D eigenvalue weighted by molar-refractivity contribution is 5.85. The predicted molar refractivity (Wildman–Crippen MR) is 56.5 cm³/mol. The lowest BCUT2D eigenvalue weighted by Gasteiger charge is -2.42. The molecule has 132 valence electrons. The molecule has 0 heterocycles. The third-order valence-corrected chi connectivity index (χ3v) is 4.23. The Balaban J connectivity index is 2.43. The number of carbonyl (C=O) groups excluding carboxylic acids is 1. The first-order chi connectivity index (χ1) is 10.2. The van der Waals surface area contributed by atoms with Crippen LogP contribution in [0.5, 0.6) is 0 Å². The molecule has 2 fully saturated rings. The van der Waals surface area contributed by atoms with E-state index in [2.05, 4.69) is 11.3 Å². The fourth-order valence-corrected chi connectivity index (χ4v) is 2.93. The highest BCUT2D eigenvalue weighted by atomic mass is 19.4. The van der Waals surface area contributed by atoms with Gasteiger partial charge in [0.25, 0.3) is 0 Å². The number of rotatable bonds is 2. The molecular weight excluding hydrogens is 347 g/mol. The predicted octanol–water partition coefficient (Wildman–Crippen LogP) is 3.90. The van der Waals surface area contributed by atoms with Gasteiger partial charge in [-0.1, -0.05) is 6.58 Å². The van der Waals surface area contributed by atoms with Gasteiger partial charge in [-0.05, 0) is 12.8 Å². The molecule has 2 aliphatic rings. The van der Waals surface area contributed by atoms with Gasteiger partial charge in [-0.15, -0.1) is 0 Å². The molecule has 2 rings (SSSR count). The van der Waals surface area contributed by atoms with Crippen molar-refractivity contribution in [2.75, 3.05) is 0 Å². The van der Waals surface area contributed by atoms with Crippen molar-refractivity contribution in [2.45, 2.75) is 54.5 Å². The van der Waals surface area contributed by atoms with Crippen LogP contribution < -0.4 is 0 Å². The van der Waals surface area contributed by atoms with Crippen molar-refractivity contribution in [1.82, 2.24) is 0 Å². The van der Waals surface area contributed by atoms with Gasteiger partial charge in [0.2, 0.25) is 17.2 Å². The van der Waals surface area contributed by atoms with E-state index in [0.29, 0.717) is 0 Å². The molecule has 0 spiro atoms. The number of hydrogen-bond acceptors (Lipinski definition) is 2. The summed E-state index contributed by atoms with van der Waals surface area (Å²) in [5.41, 5.74) is -9.85. The van der Waals surface area contributed by atoms with E-state index in [0.717, 1.165) is 0 Å². The minimum absolute atomic E-state index is 0.969. The largest absolute Gasteiger partial charge is 0.457 e. The van der Waals surface area contributed by atoms with Crippen LogP contribution >= 0.6 is 0 Å². The van der Waals surface area contributed by atoms with Crippen LogP contribution in [0.4, 0.5) is 39.5 Å². The van der Waals surface area contributed by atoms with Gasteiger partial charge in [-0.3, -0.25) is 0 Å². The Labute approximate surface area is 123 Å². The van der Waals surface area contributed by atoms with Crippen LogP contribution in [0.3, 0.4) is 0 Å². The van der Waals surface area contributed by atoms with E-state index in [-0.39, 0.29) is 0 Å². The quantitative estimate of drug-likeness (QED) is 0.426. The van der Waals surface area contributed by atoms with Crippen LogP contribution in [0.2, 0.25) is 0 Å². The van der Waals surface area contributed by atoms with E-state index in [4.69, 9.17) is 0 Å². The van der Waals surface area contributed by atoms with Crippen LogP contribution in [0.15, 0.2) is 12.4 Å². The minimum Gasteiger partial charge on any atom is -0.457 e. The standard InChI is InChI=1S/C12H9F9O2/c1-5(13)7(22)23-6-2-3-8(14)9(15,4-6)11(18,19)12(20,21)10(8,16)17/h6H,1-4H2. The first kappa shape index (κ1) is 17.9. The average Bonchev–Trinajstić information content (AvgIpc) is 2.46. The maximum Gasteiger partial charge on any atom is 0.378 e. The van der Waals surface area contributed by atoms with Crippen LogP contribution in [-0.2, 0) is 9.53 Å². The Morgan fingerprint density at radius 2 is 1.39 bits per heavy atom. The van der Waals surface area contributed by atoms with Crippen LogP contribution in [0.1, 0.15) is 19.3 Å². The molecule has 0 bridgehead atoms. The zero-order valence-electron chi connectivity index (χ0n) is 11.1. The Morgan fingerprint density at radius 1 is 0.913 bits per heavy atom. The van der Waals surface area contributed by atoms with E-state index in [9.17, 15) is 44.3 Å². The molecule has 0 radical (unpaired) electrons. The second-order valence-corrected chi connectivity index (χ2v) is 5.50. The summed E-state index contributed by atoms with van der Waals surface area (Å²) in [6.45, 7) is 2.50. The molecule has 2 nitrogen and oxygen atoms in total. The highest BCUT2D eigenvalue weighted by Crippen LogP contribution is 2.72. The van der Waals surface area contributed by atoms with Crippen molar-refractivity contribution in [1.29, 1.82) is 0 Å². The summed E-state index contributed by atoms with van der Waals surface area (Å²) in [6, 6.07) is 0. The number of fused-ring (bicyclic) bond motifs is 1. The van der Waals surface area contributed by atoms with Crippen molar-refractivity contribution in [2.24, 2.45) is 0 Å². The molecule has 3 atom stereocenters. The summed E-state index contributed by atoms with van der Waals surface area (Å²) in [5, 5.41) is 0. The molecule has 23 heavy (non-hydrogen) atoms. The van der Waals surface area contributed by atoms with Gasteiger partial charge < -0.3 is 4.74 Å². The molecule has 3 unspecified atom stereocenters. The van der Waals surface area contributed by atoms with Gasteiger partial charge in [-0.2, -0.15) is 30.7 Å². The molecule has 0 N–H and O–H groups in total. The van der Waals surface area contributed by atoms with Crippen LogP contribution in [-0.4, -0.2) is 41.2 Å². The third kappa shape index (κ3) is 1.81. The van der Waals surface area contributed by atoms with E-state index < -0.39 is 66.3 Å². The summed E-state index contributed by atoms with van der Waals surface area (Å²) < 4.78 is 126. The Bertz CT molecular complexity index is 561. The summed E-state index contributed by atoms with van der Waals surface area (Å²) in [5.74, 6) is -21.8. The molecule has 2 saturated carbocycles. The van der Waals surface area contributed by atoms with E-state index >= 15 is 0 Å². The number of alkyl halides is 8. The number of hydrogen-bond donors (Lipinski definition) is 0. The zero-order chi connectivity index (χ0) is 18.1. The Hall–Kier alpha value is -1.42. The van der Waals surface area contributed by atoms with E-state index in [1.807, 2.05) is 0 Å². The monoisotopic (exact) mass is 356 g/mol. The molecule has 0 saturated heterocycles. The van der Waals surface area contributed by atoms with Gasteiger partial charge in [0.05, 0.1) is 0 Å². The van der Waals surface area contributed by atoms with Crippen molar-refractivity contribution >= 4 is 5.97 Å². The first-order valence-corrected chi connectivity index (χ1v) is 6.22. The number of carbonyl (C=O) groups is 1. The first-order valence-electron chi connectivity index (χ1n) is 6.22. The third-order valence-electron chi connectivity index (χ3n) is 4.23. The van der Waals surface area contributed by atoms with Gasteiger partial charge >= 0.3 is 23.7 Å². The molecular formula is C12H9F9O2. The summed E-state index contributed by atoms with van der Waals surface area (Å²) >= 11 is 0. The zero-order valence-corrected chi connectivity index (χ0v) is 11.1. The topological polar surface area (TPSA) is 26.3 Å². The second kappa shape index (κ2) is 4.56. The van der Waals surface area contributed by atoms with Crippen molar-refractivity contribution < 1.29 is 49.0 Å². The summed E-state index contributed by atoms with van der Waals surface area (Å²) in [4.78, 5) is 10.9. The highest BCUT2D eigenvalue weighted by Gasteiger charge is 2.99. The number of halogens is 9. The van der Waals surface area contributed by atoms with Gasteiger partial charge in [0, 0.05) is 6.42 Å². The Morgan fingerprint density at radius 3 is 1.87 bits per heavy atom.